The molecule has 1 saturated heterocycles. The van der Waals surface area contributed by atoms with Gasteiger partial charge in [-0.2, -0.15) is 0 Å². The van der Waals surface area contributed by atoms with Crippen LogP contribution in [0.3, 0.4) is 0 Å². The standard InChI is InChI=1S/C22H25N3O2/c26-21(9-8-19-5-4-13-23-17-19)24-14-10-18-11-15-25(16-12-18)22(27)20-6-2-1-3-7-20/h1-9,13,17-18H,10-12,14-16H2,(H,24,26). The molecule has 2 heterocycles. The van der Waals surface area contributed by atoms with Gasteiger partial charge in [-0.3, -0.25) is 14.6 Å². The fourth-order valence-electron chi connectivity index (χ4n) is 3.29. The number of hydrogen-bond donors (Lipinski definition) is 1. The van der Waals surface area contributed by atoms with E-state index in [0.717, 1.165) is 43.5 Å². The lowest BCUT2D eigenvalue weighted by atomic mass is 9.93. The molecule has 0 atom stereocenters. The topological polar surface area (TPSA) is 62.3 Å². The van der Waals surface area contributed by atoms with Crippen LogP contribution in [0.25, 0.3) is 6.08 Å². The van der Waals surface area contributed by atoms with Crippen LogP contribution in [0.5, 0.6) is 0 Å². The second-order valence-electron chi connectivity index (χ2n) is 6.80. The molecule has 0 spiro atoms. The number of benzene rings is 1. The Morgan fingerprint density at radius 2 is 1.89 bits per heavy atom. The van der Waals surface area contributed by atoms with Crippen molar-refractivity contribution in [3.05, 3.63) is 72.1 Å². The zero-order chi connectivity index (χ0) is 18.9. The highest BCUT2D eigenvalue weighted by Crippen LogP contribution is 2.21. The minimum atomic E-state index is -0.0875. The van der Waals surface area contributed by atoms with Crippen molar-refractivity contribution < 1.29 is 9.59 Å². The van der Waals surface area contributed by atoms with E-state index in [1.807, 2.05) is 47.4 Å². The maximum absolute atomic E-state index is 12.5. The largest absolute Gasteiger partial charge is 0.353 e. The van der Waals surface area contributed by atoms with Crippen LogP contribution in [0, 0.1) is 5.92 Å². The van der Waals surface area contributed by atoms with Crippen molar-refractivity contribution in [2.24, 2.45) is 5.92 Å². The van der Waals surface area contributed by atoms with Crippen LogP contribution in [-0.4, -0.2) is 41.3 Å². The maximum atomic E-state index is 12.5. The number of nitrogens with zero attached hydrogens (tertiary/aromatic N) is 2. The van der Waals surface area contributed by atoms with Crippen LogP contribution < -0.4 is 5.32 Å². The first kappa shape index (κ1) is 18.8. The smallest absolute Gasteiger partial charge is 0.253 e. The van der Waals surface area contributed by atoms with Crippen molar-refractivity contribution >= 4 is 17.9 Å². The van der Waals surface area contributed by atoms with Crippen LogP contribution in [0.15, 0.2) is 60.9 Å². The van der Waals surface area contributed by atoms with Gasteiger partial charge in [-0.25, -0.2) is 0 Å². The third-order valence-electron chi connectivity index (χ3n) is 4.89. The van der Waals surface area contributed by atoms with Crippen molar-refractivity contribution in [1.29, 1.82) is 0 Å². The number of pyridine rings is 1. The SMILES string of the molecule is O=C(C=Cc1cccnc1)NCCC1CCN(C(=O)c2ccccc2)CC1. The van der Waals surface area contributed by atoms with Gasteiger partial charge in [0.1, 0.15) is 0 Å². The van der Waals surface area contributed by atoms with E-state index in [9.17, 15) is 9.59 Å². The van der Waals surface area contributed by atoms with E-state index < -0.39 is 0 Å². The summed E-state index contributed by atoms with van der Waals surface area (Å²) in [5, 5.41) is 2.93. The second kappa shape index (κ2) is 9.67. The minimum absolute atomic E-state index is 0.0875. The Balaban J connectivity index is 1.35. The molecule has 140 valence electrons. The monoisotopic (exact) mass is 363 g/mol. The Labute approximate surface area is 160 Å². The molecule has 1 aromatic heterocycles. The number of rotatable bonds is 6. The average molecular weight is 363 g/mol. The molecule has 1 fully saturated rings. The first-order valence-corrected chi connectivity index (χ1v) is 9.42. The van der Waals surface area contributed by atoms with E-state index in [1.165, 1.54) is 6.08 Å². The molecule has 2 aromatic rings. The summed E-state index contributed by atoms with van der Waals surface area (Å²) in [4.78, 5) is 30.3. The Morgan fingerprint density at radius 1 is 1.11 bits per heavy atom. The summed E-state index contributed by atoms with van der Waals surface area (Å²) >= 11 is 0. The highest BCUT2D eigenvalue weighted by molar-refractivity contribution is 5.94. The molecule has 3 rings (SSSR count). The van der Waals surface area contributed by atoms with E-state index in [-0.39, 0.29) is 11.8 Å². The molecule has 2 amide bonds. The van der Waals surface area contributed by atoms with Crippen LogP contribution >= 0.6 is 0 Å². The Morgan fingerprint density at radius 3 is 2.59 bits per heavy atom. The van der Waals surface area contributed by atoms with Gasteiger partial charge in [-0.05, 0) is 55.0 Å². The molecule has 0 saturated carbocycles. The third kappa shape index (κ3) is 5.78. The molecule has 1 aromatic carbocycles. The van der Waals surface area contributed by atoms with Gasteiger partial charge in [-0.15, -0.1) is 0 Å². The number of piperidine rings is 1. The van der Waals surface area contributed by atoms with E-state index in [1.54, 1.807) is 18.5 Å². The lowest BCUT2D eigenvalue weighted by Gasteiger charge is -2.32. The van der Waals surface area contributed by atoms with Crippen LogP contribution in [-0.2, 0) is 4.79 Å². The molecule has 27 heavy (non-hydrogen) atoms. The zero-order valence-electron chi connectivity index (χ0n) is 15.4. The van der Waals surface area contributed by atoms with Crippen LogP contribution in [0.2, 0.25) is 0 Å². The molecule has 0 radical (unpaired) electrons. The first-order valence-electron chi connectivity index (χ1n) is 9.42. The minimum Gasteiger partial charge on any atom is -0.353 e. The summed E-state index contributed by atoms with van der Waals surface area (Å²) in [6.45, 7) is 2.23. The summed E-state index contributed by atoms with van der Waals surface area (Å²) in [6.07, 6.45) is 9.64. The molecule has 5 heteroatoms. The number of carbonyl (C=O) groups excluding carboxylic acids is 2. The van der Waals surface area contributed by atoms with Crippen molar-refractivity contribution in [2.75, 3.05) is 19.6 Å². The summed E-state index contributed by atoms with van der Waals surface area (Å²) in [7, 11) is 0. The Bertz CT molecular complexity index is 767. The molecule has 0 aliphatic carbocycles. The number of nitrogens with one attached hydrogen (secondary N) is 1. The molecule has 1 aliphatic heterocycles. The molecule has 1 N–H and O–H groups in total. The first-order chi connectivity index (χ1) is 13.2. The van der Waals surface area contributed by atoms with Gasteiger partial charge in [-0.1, -0.05) is 24.3 Å². The van der Waals surface area contributed by atoms with Gasteiger partial charge in [0.2, 0.25) is 5.91 Å². The third-order valence-corrected chi connectivity index (χ3v) is 4.89. The summed E-state index contributed by atoms with van der Waals surface area (Å²) in [5.41, 5.74) is 1.66. The zero-order valence-corrected chi connectivity index (χ0v) is 15.4. The molecular formula is C22H25N3O2. The van der Waals surface area contributed by atoms with Crippen LogP contribution in [0.4, 0.5) is 0 Å². The van der Waals surface area contributed by atoms with Crippen molar-refractivity contribution in [3.63, 3.8) is 0 Å². The normalized spacial score (nSPS) is 15.0. The lowest BCUT2D eigenvalue weighted by Crippen LogP contribution is -2.39. The Hall–Kier alpha value is -2.95. The van der Waals surface area contributed by atoms with Gasteiger partial charge in [0.05, 0.1) is 0 Å². The second-order valence-corrected chi connectivity index (χ2v) is 6.80. The molecular weight excluding hydrogens is 338 g/mol. The number of aromatic nitrogens is 1. The molecule has 0 bridgehead atoms. The Kier molecular flexibility index (Phi) is 6.74. The van der Waals surface area contributed by atoms with E-state index in [2.05, 4.69) is 10.3 Å². The highest BCUT2D eigenvalue weighted by Gasteiger charge is 2.23. The number of carbonyl (C=O) groups is 2. The van der Waals surface area contributed by atoms with Crippen molar-refractivity contribution in [1.82, 2.24) is 15.2 Å². The van der Waals surface area contributed by atoms with Crippen molar-refractivity contribution in [3.8, 4) is 0 Å². The summed E-state index contributed by atoms with van der Waals surface area (Å²) in [6, 6.07) is 13.2. The highest BCUT2D eigenvalue weighted by atomic mass is 16.2. The fraction of sp³-hybridized carbons (Fsp3) is 0.318. The van der Waals surface area contributed by atoms with E-state index in [4.69, 9.17) is 0 Å². The maximum Gasteiger partial charge on any atom is 0.253 e. The van der Waals surface area contributed by atoms with E-state index in [0.29, 0.717) is 12.5 Å². The average Bonchev–Trinajstić information content (AvgIpc) is 2.74. The number of likely N-dealkylation sites (tertiary alicyclic amines) is 1. The predicted molar refractivity (Wildman–Crippen MR) is 106 cm³/mol. The number of amides is 2. The lowest BCUT2D eigenvalue weighted by molar-refractivity contribution is -0.116. The van der Waals surface area contributed by atoms with Gasteiger partial charge in [0, 0.05) is 43.7 Å². The van der Waals surface area contributed by atoms with Gasteiger partial charge in [0.25, 0.3) is 5.91 Å². The predicted octanol–water partition coefficient (Wildman–Crippen LogP) is 3.15. The molecule has 5 nitrogen and oxygen atoms in total. The van der Waals surface area contributed by atoms with Crippen LogP contribution in [0.1, 0.15) is 35.2 Å². The number of hydrogen-bond acceptors (Lipinski definition) is 3. The van der Waals surface area contributed by atoms with Gasteiger partial charge < -0.3 is 10.2 Å². The van der Waals surface area contributed by atoms with E-state index >= 15 is 0 Å². The van der Waals surface area contributed by atoms with Gasteiger partial charge in [0.15, 0.2) is 0 Å². The summed E-state index contributed by atoms with van der Waals surface area (Å²) < 4.78 is 0. The fourth-order valence-corrected chi connectivity index (χ4v) is 3.29. The van der Waals surface area contributed by atoms with Crippen molar-refractivity contribution in [2.45, 2.75) is 19.3 Å². The molecule has 1 aliphatic rings. The molecule has 0 unspecified atom stereocenters. The quantitative estimate of drug-likeness (QED) is 0.802. The summed E-state index contributed by atoms with van der Waals surface area (Å²) in [5.74, 6) is 0.575. The van der Waals surface area contributed by atoms with Gasteiger partial charge >= 0.3 is 0 Å².